The average molecular weight is 238 g/mol. The predicted molar refractivity (Wildman–Crippen MR) is 68.9 cm³/mol. The molecule has 2 rings (SSSR count). The molecule has 1 aromatic heterocycles. The van der Waals surface area contributed by atoms with Gasteiger partial charge in [-0.15, -0.1) is 11.8 Å². The van der Waals surface area contributed by atoms with E-state index in [0.29, 0.717) is 5.25 Å². The molecule has 3 nitrogen and oxygen atoms in total. The van der Waals surface area contributed by atoms with Gasteiger partial charge in [-0.2, -0.15) is 0 Å². The Balaban J connectivity index is 1.82. The van der Waals surface area contributed by atoms with Gasteiger partial charge >= 0.3 is 0 Å². The summed E-state index contributed by atoms with van der Waals surface area (Å²) < 4.78 is 5.15. The van der Waals surface area contributed by atoms with Crippen molar-refractivity contribution in [1.82, 2.24) is 4.98 Å². The van der Waals surface area contributed by atoms with Crippen LogP contribution in [0.2, 0.25) is 0 Å². The Hall–Kier alpha value is -0.740. The largest absolute Gasteiger partial charge is 0.379 e. The second-order valence-electron chi connectivity index (χ2n) is 3.91. The van der Waals surface area contributed by atoms with Crippen molar-refractivity contribution in [1.29, 1.82) is 0 Å². The molecule has 1 aliphatic rings. The Morgan fingerprint density at radius 3 is 3.06 bits per heavy atom. The third-order valence-electron chi connectivity index (χ3n) is 2.44. The molecule has 88 valence electrons. The SMILES string of the molecule is CCCNc1cccc(CSC2COC2)n1. The molecule has 2 heterocycles. The van der Waals surface area contributed by atoms with Gasteiger partial charge in [0.05, 0.1) is 24.2 Å². The molecule has 1 fully saturated rings. The van der Waals surface area contributed by atoms with Gasteiger partial charge in [-0.1, -0.05) is 13.0 Å². The molecule has 0 amide bonds. The molecule has 16 heavy (non-hydrogen) atoms. The van der Waals surface area contributed by atoms with Crippen LogP contribution in [0.25, 0.3) is 0 Å². The van der Waals surface area contributed by atoms with Crippen LogP contribution in [0.5, 0.6) is 0 Å². The molecule has 1 N–H and O–H groups in total. The number of thioether (sulfide) groups is 1. The van der Waals surface area contributed by atoms with Gasteiger partial charge in [0.2, 0.25) is 0 Å². The third-order valence-corrected chi connectivity index (χ3v) is 3.64. The lowest BCUT2D eigenvalue weighted by molar-refractivity contribution is 0.0455. The number of nitrogens with one attached hydrogen (secondary N) is 1. The molecule has 0 atom stereocenters. The van der Waals surface area contributed by atoms with Gasteiger partial charge in [-0.25, -0.2) is 4.98 Å². The van der Waals surface area contributed by atoms with E-state index in [0.717, 1.165) is 43.4 Å². The number of hydrogen-bond acceptors (Lipinski definition) is 4. The number of rotatable bonds is 6. The molecule has 1 aromatic rings. The summed E-state index contributed by atoms with van der Waals surface area (Å²) in [5.74, 6) is 1.97. The van der Waals surface area contributed by atoms with Gasteiger partial charge in [-0.3, -0.25) is 0 Å². The van der Waals surface area contributed by atoms with E-state index in [1.54, 1.807) is 0 Å². The van der Waals surface area contributed by atoms with E-state index in [-0.39, 0.29) is 0 Å². The maximum absolute atomic E-state index is 5.15. The molecule has 0 spiro atoms. The second-order valence-corrected chi connectivity index (χ2v) is 5.20. The van der Waals surface area contributed by atoms with E-state index in [9.17, 15) is 0 Å². The van der Waals surface area contributed by atoms with Crippen molar-refractivity contribution in [3.63, 3.8) is 0 Å². The molecule has 0 saturated carbocycles. The minimum Gasteiger partial charge on any atom is -0.379 e. The van der Waals surface area contributed by atoms with E-state index in [4.69, 9.17) is 4.74 Å². The Morgan fingerprint density at radius 2 is 2.38 bits per heavy atom. The number of anilines is 1. The number of ether oxygens (including phenoxy) is 1. The summed E-state index contributed by atoms with van der Waals surface area (Å²) in [6.07, 6.45) is 1.13. The summed E-state index contributed by atoms with van der Waals surface area (Å²) in [5.41, 5.74) is 1.15. The van der Waals surface area contributed by atoms with Crippen molar-refractivity contribution in [2.24, 2.45) is 0 Å². The highest BCUT2D eigenvalue weighted by atomic mass is 32.2. The summed E-state index contributed by atoms with van der Waals surface area (Å²) in [7, 11) is 0. The average Bonchev–Trinajstić information content (AvgIpc) is 2.25. The molecule has 0 unspecified atom stereocenters. The first kappa shape index (κ1) is 11.7. The number of pyridine rings is 1. The van der Waals surface area contributed by atoms with E-state index < -0.39 is 0 Å². The van der Waals surface area contributed by atoms with E-state index >= 15 is 0 Å². The highest BCUT2D eigenvalue weighted by Gasteiger charge is 2.18. The molecule has 1 aliphatic heterocycles. The Bertz CT molecular complexity index is 329. The van der Waals surface area contributed by atoms with Crippen LogP contribution in [0, 0.1) is 0 Å². The Kier molecular flexibility index (Phi) is 4.48. The van der Waals surface area contributed by atoms with Crippen molar-refractivity contribution in [2.45, 2.75) is 24.3 Å². The standard InChI is InChI=1S/C12H18N2OS/c1-2-6-13-12-5-3-4-10(14-12)9-16-11-7-15-8-11/h3-5,11H,2,6-9H2,1H3,(H,13,14). The van der Waals surface area contributed by atoms with Gasteiger partial charge in [0.1, 0.15) is 5.82 Å². The van der Waals surface area contributed by atoms with Crippen LogP contribution < -0.4 is 5.32 Å². The van der Waals surface area contributed by atoms with Gasteiger partial charge in [-0.05, 0) is 18.6 Å². The van der Waals surface area contributed by atoms with Crippen LogP contribution >= 0.6 is 11.8 Å². The minimum atomic E-state index is 0.675. The minimum absolute atomic E-state index is 0.675. The lowest BCUT2D eigenvalue weighted by Gasteiger charge is -2.25. The van der Waals surface area contributed by atoms with E-state index in [1.807, 2.05) is 17.8 Å². The van der Waals surface area contributed by atoms with Crippen molar-refractivity contribution in [2.75, 3.05) is 25.1 Å². The van der Waals surface area contributed by atoms with Crippen LogP contribution in [0.1, 0.15) is 19.0 Å². The molecule has 4 heteroatoms. The van der Waals surface area contributed by atoms with Gasteiger partial charge < -0.3 is 10.1 Å². The lowest BCUT2D eigenvalue weighted by Crippen LogP contribution is -2.30. The van der Waals surface area contributed by atoms with Crippen LogP contribution in [-0.2, 0) is 10.5 Å². The summed E-state index contributed by atoms with van der Waals surface area (Å²) in [4.78, 5) is 4.57. The zero-order chi connectivity index (χ0) is 11.2. The fraction of sp³-hybridized carbons (Fsp3) is 0.583. The van der Waals surface area contributed by atoms with Gasteiger partial charge in [0.25, 0.3) is 0 Å². The smallest absolute Gasteiger partial charge is 0.126 e. The number of aromatic nitrogens is 1. The fourth-order valence-corrected chi connectivity index (χ4v) is 2.38. The zero-order valence-corrected chi connectivity index (χ0v) is 10.4. The molecular formula is C12H18N2OS. The van der Waals surface area contributed by atoms with Crippen LogP contribution in [0.4, 0.5) is 5.82 Å². The maximum atomic E-state index is 5.15. The Morgan fingerprint density at radius 1 is 1.50 bits per heavy atom. The van der Waals surface area contributed by atoms with Crippen LogP contribution in [0.3, 0.4) is 0 Å². The van der Waals surface area contributed by atoms with Crippen LogP contribution in [0.15, 0.2) is 18.2 Å². The predicted octanol–water partition coefficient (Wildman–Crippen LogP) is 2.54. The number of nitrogens with zero attached hydrogens (tertiary/aromatic N) is 1. The first-order valence-corrected chi connectivity index (χ1v) is 6.82. The van der Waals surface area contributed by atoms with Crippen LogP contribution in [-0.4, -0.2) is 30.0 Å². The first-order valence-electron chi connectivity index (χ1n) is 5.77. The lowest BCUT2D eigenvalue weighted by atomic mass is 10.3. The van der Waals surface area contributed by atoms with Gasteiger partial charge in [0, 0.05) is 12.3 Å². The Labute approximate surface area is 101 Å². The van der Waals surface area contributed by atoms with Crippen molar-refractivity contribution in [3.05, 3.63) is 23.9 Å². The summed E-state index contributed by atoms with van der Waals surface area (Å²) in [5, 5.41) is 3.98. The summed E-state index contributed by atoms with van der Waals surface area (Å²) in [6.45, 7) is 4.94. The van der Waals surface area contributed by atoms with Crippen molar-refractivity contribution in [3.8, 4) is 0 Å². The van der Waals surface area contributed by atoms with Gasteiger partial charge in [0.15, 0.2) is 0 Å². The van der Waals surface area contributed by atoms with Crippen molar-refractivity contribution < 1.29 is 4.74 Å². The second kappa shape index (κ2) is 6.11. The fourth-order valence-electron chi connectivity index (χ4n) is 1.43. The zero-order valence-electron chi connectivity index (χ0n) is 9.61. The summed E-state index contributed by atoms with van der Waals surface area (Å²) in [6, 6.07) is 6.18. The molecular weight excluding hydrogens is 220 g/mol. The molecule has 0 radical (unpaired) electrons. The highest BCUT2D eigenvalue weighted by molar-refractivity contribution is 7.99. The topological polar surface area (TPSA) is 34.1 Å². The van der Waals surface area contributed by atoms with E-state index in [1.165, 1.54) is 0 Å². The van der Waals surface area contributed by atoms with Crippen molar-refractivity contribution >= 4 is 17.6 Å². The normalized spacial score (nSPS) is 15.8. The van der Waals surface area contributed by atoms with E-state index in [2.05, 4.69) is 29.4 Å². The molecule has 0 bridgehead atoms. The maximum Gasteiger partial charge on any atom is 0.126 e. The summed E-state index contributed by atoms with van der Waals surface area (Å²) >= 11 is 1.93. The first-order chi connectivity index (χ1) is 7.88. The molecule has 0 aromatic carbocycles. The number of hydrogen-bond donors (Lipinski definition) is 1. The highest BCUT2D eigenvalue weighted by Crippen LogP contribution is 2.22. The molecule has 0 aliphatic carbocycles. The molecule has 1 saturated heterocycles. The monoisotopic (exact) mass is 238 g/mol. The third kappa shape index (κ3) is 3.39. The quantitative estimate of drug-likeness (QED) is 0.826.